The van der Waals surface area contributed by atoms with Gasteiger partial charge in [-0.2, -0.15) is 5.26 Å². The van der Waals surface area contributed by atoms with Crippen molar-refractivity contribution >= 4 is 11.6 Å². The fourth-order valence-corrected chi connectivity index (χ4v) is 2.16. The first-order chi connectivity index (χ1) is 11.2. The van der Waals surface area contributed by atoms with Gasteiger partial charge in [-0.05, 0) is 35.4 Å². The van der Waals surface area contributed by atoms with E-state index in [1.54, 1.807) is 24.3 Å². The number of aliphatic hydroxyl groups is 1. The Hall–Kier alpha value is -2.84. The van der Waals surface area contributed by atoms with E-state index in [2.05, 4.69) is 11.4 Å². The molecule has 0 aliphatic rings. The monoisotopic (exact) mass is 310 g/mol. The molecule has 5 heteroatoms. The van der Waals surface area contributed by atoms with Gasteiger partial charge >= 0.3 is 0 Å². The summed E-state index contributed by atoms with van der Waals surface area (Å²) in [5.41, 5.74) is 2.40. The maximum Gasteiger partial charge on any atom is 0.228 e. The SMILES string of the molecule is N#CCc1ccccc1CC(=O)Nc1ccc(OCCO)cc1. The predicted octanol–water partition coefficient (Wildman–Crippen LogP) is 2.30. The highest BCUT2D eigenvalue weighted by Gasteiger charge is 2.08. The maximum atomic E-state index is 12.1. The molecule has 0 atom stereocenters. The molecule has 0 aliphatic carbocycles. The summed E-state index contributed by atoms with van der Waals surface area (Å²) in [6, 6.07) is 16.5. The molecule has 0 bridgehead atoms. The zero-order valence-electron chi connectivity index (χ0n) is 12.7. The molecule has 1 amide bonds. The van der Waals surface area contributed by atoms with E-state index in [1.165, 1.54) is 0 Å². The second kappa shape index (κ2) is 8.57. The van der Waals surface area contributed by atoms with E-state index in [0.717, 1.165) is 11.1 Å². The molecule has 0 saturated heterocycles. The zero-order chi connectivity index (χ0) is 16.5. The summed E-state index contributed by atoms with van der Waals surface area (Å²) in [5, 5.41) is 20.3. The molecule has 2 aromatic rings. The predicted molar refractivity (Wildman–Crippen MR) is 87.1 cm³/mol. The van der Waals surface area contributed by atoms with Crippen molar-refractivity contribution in [2.45, 2.75) is 12.8 Å². The Morgan fingerprint density at radius 1 is 1.13 bits per heavy atom. The summed E-state index contributed by atoms with van der Waals surface area (Å²) < 4.78 is 5.26. The van der Waals surface area contributed by atoms with Crippen molar-refractivity contribution in [2.24, 2.45) is 0 Å². The highest BCUT2D eigenvalue weighted by atomic mass is 16.5. The first-order valence-corrected chi connectivity index (χ1v) is 7.30. The number of carbonyl (C=O) groups excluding carboxylic acids is 1. The summed E-state index contributed by atoms with van der Waals surface area (Å²) in [6.45, 7) is 0.196. The topological polar surface area (TPSA) is 82.4 Å². The average molecular weight is 310 g/mol. The minimum atomic E-state index is -0.139. The quantitative estimate of drug-likeness (QED) is 0.822. The highest BCUT2D eigenvalue weighted by molar-refractivity contribution is 5.92. The molecule has 5 nitrogen and oxygen atoms in total. The van der Waals surface area contributed by atoms with E-state index in [4.69, 9.17) is 15.1 Å². The lowest BCUT2D eigenvalue weighted by Gasteiger charge is -2.09. The Bertz CT molecular complexity index is 690. The second-order valence-electron chi connectivity index (χ2n) is 4.92. The van der Waals surface area contributed by atoms with Gasteiger partial charge in [0.1, 0.15) is 12.4 Å². The molecule has 0 radical (unpaired) electrons. The van der Waals surface area contributed by atoms with Gasteiger partial charge in [-0.3, -0.25) is 4.79 Å². The third-order valence-electron chi connectivity index (χ3n) is 3.24. The molecule has 0 saturated carbocycles. The van der Waals surface area contributed by atoms with Gasteiger partial charge in [0.2, 0.25) is 5.91 Å². The number of nitriles is 1. The molecule has 2 rings (SSSR count). The van der Waals surface area contributed by atoms with Gasteiger partial charge in [0, 0.05) is 5.69 Å². The molecule has 0 heterocycles. The fraction of sp³-hybridized carbons (Fsp3) is 0.222. The van der Waals surface area contributed by atoms with E-state index >= 15 is 0 Å². The Morgan fingerprint density at radius 2 is 1.83 bits per heavy atom. The van der Waals surface area contributed by atoms with Crippen LogP contribution in [0.1, 0.15) is 11.1 Å². The van der Waals surface area contributed by atoms with Crippen molar-refractivity contribution in [3.63, 3.8) is 0 Å². The normalized spacial score (nSPS) is 9.91. The van der Waals surface area contributed by atoms with Crippen LogP contribution in [-0.4, -0.2) is 24.2 Å². The van der Waals surface area contributed by atoms with E-state index < -0.39 is 0 Å². The number of nitrogens with zero attached hydrogens (tertiary/aromatic N) is 1. The van der Waals surface area contributed by atoms with Crippen LogP contribution in [0, 0.1) is 11.3 Å². The minimum Gasteiger partial charge on any atom is -0.491 e. The van der Waals surface area contributed by atoms with Crippen molar-refractivity contribution in [2.75, 3.05) is 18.5 Å². The molecular weight excluding hydrogens is 292 g/mol. The molecule has 0 spiro atoms. The van der Waals surface area contributed by atoms with Gasteiger partial charge in [0.25, 0.3) is 0 Å². The Balaban J connectivity index is 1.96. The number of anilines is 1. The van der Waals surface area contributed by atoms with Crippen LogP contribution in [0.3, 0.4) is 0 Å². The smallest absolute Gasteiger partial charge is 0.228 e. The summed E-state index contributed by atoms with van der Waals surface area (Å²) in [6.07, 6.45) is 0.515. The van der Waals surface area contributed by atoms with E-state index in [0.29, 0.717) is 17.9 Å². The largest absolute Gasteiger partial charge is 0.491 e. The molecule has 0 unspecified atom stereocenters. The number of amides is 1. The van der Waals surface area contributed by atoms with Crippen molar-refractivity contribution in [3.05, 3.63) is 59.7 Å². The number of rotatable bonds is 7. The summed E-state index contributed by atoms with van der Waals surface area (Å²) in [5.74, 6) is 0.496. The van der Waals surface area contributed by atoms with Gasteiger partial charge in [0.15, 0.2) is 0 Å². The number of carbonyl (C=O) groups is 1. The average Bonchev–Trinajstić information content (AvgIpc) is 2.56. The van der Waals surface area contributed by atoms with Gasteiger partial charge in [0.05, 0.1) is 25.5 Å². The molecular formula is C18H18N2O3. The lowest BCUT2D eigenvalue weighted by molar-refractivity contribution is -0.115. The van der Waals surface area contributed by atoms with Crippen LogP contribution < -0.4 is 10.1 Å². The van der Waals surface area contributed by atoms with Gasteiger partial charge in [-0.15, -0.1) is 0 Å². The summed E-state index contributed by atoms with van der Waals surface area (Å²) >= 11 is 0. The summed E-state index contributed by atoms with van der Waals surface area (Å²) in [7, 11) is 0. The second-order valence-corrected chi connectivity index (χ2v) is 4.92. The highest BCUT2D eigenvalue weighted by Crippen LogP contribution is 2.16. The van der Waals surface area contributed by atoms with Gasteiger partial charge < -0.3 is 15.2 Å². The number of hydrogen-bond donors (Lipinski definition) is 2. The Morgan fingerprint density at radius 3 is 2.48 bits per heavy atom. The summed E-state index contributed by atoms with van der Waals surface area (Å²) in [4.78, 5) is 12.1. The molecule has 118 valence electrons. The molecule has 23 heavy (non-hydrogen) atoms. The third-order valence-corrected chi connectivity index (χ3v) is 3.24. The number of aliphatic hydroxyl groups excluding tert-OH is 1. The van der Waals surface area contributed by atoms with Crippen LogP contribution in [0.4, 0.5) is 5.69 Å². The van der Waals surface area contributed by atoms with Gasteiger partial charge in [-0.25, -0.2) is 0 Å². The Labute approximate surface area is 135 Å². The standard InChI is InChI=1S/C18H18N2O3/c19-10-9-14-3-1-2-4-15(14)13-18(22)20-16-5-7-17(8-6-16)23-12-11-21/h1-8,21H,9,11-13H2,(H,20,22). The van der Waals surface area contributed by atoms with Crippen molar-refractivity contribution in [1.29, 1.82) is 5.26 Å². The number of hydrogen-bond acceptors (Lipinski definition) is 4. The number of benzene rings is 2. The van der Waals surface area contributed by atoms with Crippen LogP contribution in [0.25, 0.3) is 0 Å². The Kier molecular flexibility index (Phi) is 6.16. The van der Waals surface area contributed by atoms with E-state index in [1.807, 2.05) is 24.3 Å². The van der Waals surface area contributed by atoms with Crippen molar-refractivity contribution in [1.82, 2.24) is 0 Å². The molecule has 0 aromatic heterocycles. The lowest BCUT2D eigenvalue weighted by atomic mass is 10.0. The maximum absolute atomic E-state index is 12.1. The molecule has 2 N–H and O–H groups in total. The molecule has 0 fully saturated rings. The van der Waals surface area contributed by atoms with Crippen LogP contribution in [-0.2, 0) is 17.6 Å². The van der Waals surface area contributed by atoms with Crippen molar-refractivity contribution in [3.8, 4) is 11.8 Å². The number of nitrogens with one attached hydrogen (secondary N) is 1. The van der Waals surface area contributed by atoms with Crippen LogP contribution in [0.2, 0.25) is 0 Å². The van der Waals surface area contributed by atoms with Crippen LogP contribution in [0.5, 0.6) is 5.75 Å². The fourth-order valence-electron chi connectivity index (χ4n) is 2.16. The zero-order valence-corrected chi connectivity index (χ0v) is 12.7. The van der Waals surface area contributed by atoms with Crippen molar-refractivity contribution < 1.29 is 14.6 Å². The third kappa shape index (κ3) is 5.13. The van der Waals surface area contributed by atoms with Crippen LogP contribution >= 0.6 is 0 Å². The first kappa shape index (κ1) is 16.5. The molecule has 2 aromatic carbocycles. The minimum absolute atomic E-state index is 0.0411. The lowest BCUT2D eigenvalue weighted by Crippen LogP contribution is -2.15. The van der Waals surface area contributed by atoms with E-state index in [-0.39, 0.29) is 25.5 Å². The number of ether oxygens (including phenoxy) is 1. The van der Waals surface area contributed by atoms with E-state index in [9.17, 15) is 4.79 Å². The molecule has 0 aliphatic heterocycles. The van der Waals surface area contributed by atoms with Crippen LogP contribution in [0.15, 0.2) is 48.5 Å². The van der Waals surface area contributed by atoms with Gasteiger partial charge in [-0.1, -0.05) is 24.3 Å². The first-order valence-electron chi connectivity index (χ1n) is 7.30.